The van der Waals surface area contributed by atoms with Gasteiger partial charge in [-0.3, -0.25) is 0 Å². The normalized spacial score (nSPS) is 16.8. The van der Waals surface area contributed by atoms with Crippen LogP contribution in [0.25, 0.3) is 5.57 Å². The van der Waals surface area contributed by atoms with Gasteiger partial charge in [-0.1, -0.05) is 23.7 Å². The first kappa shape index (κ1) is 12.5. The summed E-state index contributed by atoms with van der Waals surface area (Å²) < 4.78 is 38.0. The van der Waals surface area contributed by atoms with Crippen LogP contribution in [0.15, 0.2) is 24.3 Å². The van der Waals surface area contributed by atoms with E-state index in [1.807, 2.05) is 6.08 Å². The van der Waals surface area contributed by atoms with Crippen molar-refractivity contribution in [3.63, 3.8) is 0 Å². The zero-order chi connectivity index (χ0) is 12.5. The van der Waals surface area contributed by atoms with E-state index in [9.17, 15) is 13.2 Å². The molecular weight excluding hydrogens is 251 g/mol. The van der Waals surface area contributed by atoms with Gasteiger partial charge in [0, 0.05) is 6.54 Å². The Kier molecular flexibility index (Phi) is 3.45. The molecule has 1 aliphatic rings. The van der Waals surface area contributed by atoms with Crippen molar-refractivity contribution >= 4 is 17.2 Å². The summed E-state index contributed by atoms with van der Waals surface area (Å²) in [5, 5.41) is 2.86. The second-order valence-corrected chi connectivity index (χ2v) is 4.28. The van der Waals surface area contributed by atoms with Crippen LogP contribution in [0.5, 0.6) is 0 Å². The molecule has 0 saturated carbocycles. The minimum absolute atomic E-state index is 0.254. The molecule has 1 heterocycles. The Morgan fingerprint density at radius 3 is 2.59 bits per heavy atom. The fraction of sp³-hybridized carbons (Fsp3) is 0.333. The van der Waals surface area contributed by atoms with Crippen molar-refractivity contribution in [1.29, 1.82) is 0 Å². The SMILES string of the molecule is FC(F)(F)c1cc(C2=CCNCC2)ccc1Cl. The van der Waals surface area contributed by atoms with Crippen LogP contribution >= 0.6 is 11.6 Å². The van der Waals surface area contributed by atoms with E-state index < -0.39 is 11.7 Å². The Bertz CT molecular complexity index is 452. The highest BCUT2D eigenvalue weighted by Crippen LogP contribution is 2.36. The van der Waals surface area contributed by atoms with Crippen LogP contribution < -0.4 is 5.32 Å². The Hall–Kier alpha value is -1.00. The number of nitrogens with one attached hydrogen (secondary N) is 1. The van der Waals surface area contributed by atoms with Gasteiger partial charge in [-0.25, -0.2) is 0 Å². The van der Waals surface area contributed by atoms with Crippen LogP contribution in [-0.2, 0) is 6.18 Å². The molecule has 1 aromatic rings. The first-order valence-electron chi connectivity index (χ1n) is 5.25. The lowest BCUT2D eigenvalue weighted by atomic mass is 9.98. The quantitative estimate of drug-likeness (QED) is 0.812. The molecule has 2 rings (SSSR count). The van der Waals surface area contributed by atoms with Crippen LogP contribution in [0, 0.1) is 0 Å². The third kappa shape index (κ3) is 2.82. The fourth-order valence-electron chi connectivity index (χ4n) is 1.83. The van der Waals surface area contributed by atoms with Crippen LogP contribution in [0.2, 0.25) is 5.02 Å². The average Bonchev–Trinajstić information content (AvgIpc) is 2.29. The minimum Gasteiger partial charge on any atom is -0.313 e. The Labute approximate surface area is 102 Å². The summed E-state index contributed by atoms with van der Waals surface area (Å²) in [6, 6.07) is 4.07. The van der Waals surface area contributed by atoms with Gasteiger partial charge in [-0.15, -0.1) is 0 Å². The molecule has 0 radical (unpaired) electrons. The smallest absolute Gasteiger partial charge is 0.313 e. The highest BCUT2D eigenvalue weighted by molar-refractivity contribution is 6.31. The fourth-order valence-corrected chi connectivity index (χ4v) is 2.05. The molecule has 0 spiro atoms. The van der Waals surface area contributed by atoms with E-state index in [4.69, 9.17) is 11.6 Å². The molecule has 0 aliphatic carbocycles. The van der Waals surface area contributed by atoms with E-state index in [0.717, 1.165) is 24.6 Å². The zero-order valence-corrected chi connectivity index (χ0v) is 9.70. The number of hydrogen-bond donors (Lipinski definition) is 1. The Balaban J connectivity index is 2.40. The van der Waals surface area contributed by atoms with E-state index in [-0.39, 0.29) is 5.02 Å². The molecule has 1 nitrogen and oxygen atoms in total. The minimum atomic E-state index is -4.40. The summed E-state index contributed by atoms with van der Waals surface area (Å²) in [6.45, 7) is 1.48. The maximum absolute atomic E-state index is 12.7. The van der Waals surface area contributed by atoms with Gasteiger partial charge in [0.05, 0.1) is 10.6 Å². The van der Waals surface area contributed by atoms with E-state index in [0.29, 0.717) is 12.1 Å². The van der Waals surface area contributed by atoms with Gasteiger partial charge >= 0.3 is 6.18 Å². The van der Waals surface area contributed by atoms with Gasteiger partial charge in [-0.05, 0) is 36.2 Å². The topological polar surface area (TPSA) is 12.0 Å². The van der Waals surface area contributed by atoms with Crippen molar-refractivity contribution in [2.45, 2.75) is 12.6 Å². The molecular formula is C12H11ClF3N. The monoisotopic (exact) mass is 261 g/mol. The highest BCUT2D eigenvalue weighted by atomic mass is 35.5. The number of halogens is 4. The highest BCUT2D eigenvalue weighted by Gasteiger charge is 2.33. The molecule has 0 aromatic heterocycles. The lowest BCUT2D eigenvalue weighted by Crippen LogP contribution is -2.20. The number of alkyl halides is 3. The second-order valence-electron chi connectivity index (χ2n) is 3.88. The predicted octanol–water partition coefficient (Wildman–Crippen LogP) is 3.74. The summed E-state index contributed by atoms with van der Waals surface area (Å²) in [6.07, 6.45) is -1.76. The molecule has 17 heavy (non-hydrogen) atoms. The van der Waals surface area contributed by atoms with Crippen LogP contribution in [0.3, 0.4) is 0 Å². The van der Waals surface area contributed by atoms with Crippen LogP contribution in [0.4, 0.5) is 13.2 Å². The van der Waals surface area contributed by atoms with E-state index in [2.05, 4.69) is 5.32 Å². The number of benzene rings is 1. The summed E-state index contributed by atoms with van der Waals surface area (Å²) >= 11 is 5.57. The third-order valence-electron chi connectivity index (χ3n) is 2.71. The lowest BCUT2D eigenvalue weighted by Gasteiger charge is -2.16. The maximum atomic E-state index is 12.7. The van der Waals surface area contributed by atoms with E-state index in [1.165, 1.54) is 6.07 Å². The molecule has 1 N–H and O–H groups in total. The van der Waals surface area contributed by atoms with Gasteiger partial charge < -0.3 is 5.32 Å². The number of rotatable bonds is 1. The van der Waals surface area contributed by atoms with Crippen molar-refractivity contribution < 1.29 is 13.2 Å². The summed E-state index contributed by atoms with van der Waals surface area (Å²) in [7, 11) is 0. The van der Waals surface area contributed by atoms with E-state index >= 15 is 0 Å². The molecule has 0 unspecified atom stereocenters. The number of hydrogen-bond acceptors (Lipinski definition) is 1. The molecule has 92 valence electrons. The molecule has 1 aliphatic heterocycles. The molecule has 0 amide bonds. The third-order valence-corrected chi connectivity index (χ3v) is 3.04. The van der Waals surface area contributed by atoms with Crippen LogP contribution in [0.1, 0.15) is 17.5 Å². The second kappa shape index (κ2) is 4.70. The average molecular weight is 262 g/mol. The first-order chi connectivity index (χ1) is 7.98. The van der Waals surface area contributed by atoms with Crippen molar-refractivity contribution in [2.75, 3.05) is 13.1 Å². The molecule has 0 saturated heterocycles. The van der Waals surface area contributed by atoms with Crippen LogP contribution in [-0.4, -0.2) is 13.1 Å². The molecule has 0 bridgehead atoms. The van der Waals surface area contributed by atoms with Gasteiger partial charge in [-0.2, -0.15) is 13.2 Å². The van der Waals surface area contributed by atoms with Crippen molar-refractivity contribution in [3.8, 4) is 0 Å². The van der Waals surface area contributed by atoms with Gasteiger partial charge in [0.2, 0.25) is 0 Å². The van der Waals surface area contributed by atoms with Gasteiger partial charge in [0.15, 0.2) is 0 Å². The largest absolute Gasteiger partial charge is 0.417 e. The molecule has 1 aromatic carbocycles. The standard InChI is InChI=1S/C12H11ClF3N/c13-11-2-1-9(7-10(11)12(14,15)16)8-3-5-17-6-4-8/h1-3,7,17H,4-6H2. The van der Waals surface area contributed by atoms with Gasteiger partial charge in [0.1, 0.15) is 0 Å². The van der Waals surface area contributed by atoms with Crippen molar-refractivity contribution in [1.82, 2.24) is 5.32 Å². The summed E-state index contributed by atoms with van der Waals surface area (Å²) in [4.78, 5) is 0. The van der Waals surface area contributed by atoms with E-state index in [1.54, 1.807) is 6.07 Å². The maximum Gasteiger partial charge on any atom is 0.417 e. The zero-order valence-electron chi connectivity index (χ0n) is 8.94. The first-order valence-corrected chi connectivity index (χ1v) is 5.63. The summed E-state index contributed by atoms with van der Waals surface area (Å²) in [5.74, 6) is 0. The molecule has 5 heteroatoms. The lowest BCUT2D eigenvalue weighted by molar-refractivity contribution is -0.137. The Morgan fingerprint density at radius 1 is 1.24 bits per heavy atom. The van der Waals surface area contributed by atoms with Crippen molar-refractivity contribution in [2.24, 2.45) is 0 Å². The van der Waals surface area contributed by atoms with Crippen molar-refractivity contribution in [3.05, 3.63) is 40.4 Å². The molecule has 0 atom stereocenters. The Morgan fingerprint density at radius 2 is 2.00 bits per heavy atom. The molecule has 0 fully saturated rings. The summed E-state index contributed by atoms with van der Waals surface area (Å²) in [5.41, 5.74) is 0.769. The van der Waals surface area contributed by atoms with Gasteiger partial charge in [0.25, 0.3) is 0 Å². The predicted molar refractivity (Wildman–Crippen MR) is 61.9 cm³/mol.